The molecule has 2 aliphatic heterocycles. The molecule has 3 rings (SSSR count). The van der Waals surface area contributed by atoms with E-state index < -0.39 is 12.0 Å². The molecule has 1 fully saturated rings. The van der Waals surface area contributed by atoms with Crippen molar-refractivity contribution in [2.75, 3.05) is 12.4 Å². The van der Waals surface area contributed by atoms with E-state index in [4.69, 9.17) is 4.74 Å². The maximum atomic E-state index is 12.8. The summed E-state index contributed by atoms with van der Waals surface area (Å²) >= 11 is 3.80. The Morgan fingerprint density at radius 1 is 1.38 bits per heavy atom. The number of benzene rings is 1. The summed E-state index contributed by atoms with van der Waals surface area (Å²) in [4.78, 5) is 31.7. The van der Waals surface area contributed by atoms with Crippen molar-refractivity contribution in [1.29, 1.82) is 0 Å². The highest BCUT2D eigenvalue weighted by Crippen LogP contribution is 2.40. The van der Waals surface area contributed by atoms with Gasteiger partial charge in [0, 0.05) is 15.7 Å². The molecule has 0 radical (unpaired) electrons. The second-order valence-corrected chi connectivity index (χ2v) is 9.01. The lowest BCUT2D eigenvalue weighted by Gasteiger charge is -2.39. The van der Waals surface area contributed by atoms with Crippen molar-refractivity contribution in [2.45, 2.75) is 33.2 Å². The van der Waals surface area contributed by atoms with Crippen LogP contribution < -0.4 is 0 Å². The molecule has 0 bridgehead atoms. The number of nitrogens with zero attached hydrogens (tertiary/aromatic N) is 2. The van der Waals surface area contributed by atoms with Crippen LogP contribution in [0, 0.1) is 9.49 Å². The Morgan fingerprint density at radius 2 is 2.08 bits per heavy atom. The number of hydrogen-bond acceptors (Lipinski definition) is 5. The van der Waals surface area contributed by atoms with E-state index in [1.807, 2.05) is 45.0 Å². The number of rotatable bonds is 4. The Labute approximate surface area is 171 Å². The molecule has 1 amide bonds. The van der Waals surface area contributed by atoms with E-state index in [9.17, 15) is 9.59 Å². The summed E-state index contributed by atoms with van der Waals surface area (Å²) in [6.45, 7) is 6.14. The maximum absolute atomic E-state index is 12.8. The van der Waals surface area contributed by atoms with Gasteiger partial charge in [-0.25, -0.2) is 9.79 Å². The predicted molar refractivity (Wildman–Crippen MR) is 112 cm³/mol. The van der Waals surface area contributed by atoms with E-state index in [2.05, 4.69) is 27.6 Å². The molecule has 1 aromatic carbocycles. The molecule has 0 spiro atoms. The van der Waals surface area contributed by atoms with Crippen LogP contribution in [0.2, 0.25) is 0 Å². The Bertz CT molecular complexity index is 786. The number of fused-ring (bicyclic) bond motifs is 1. The summed E-state index contributed by atoms with van der Waals surface area (Å²) in [5.74, 6) is 0.554. The zero-order chi connectivity index (χ0) is 18.8. The van der Waals surface area contributed by atoms with Gasteiger partial charge in [-0.05, 0) is 53.1 Å². The largest absolute Gasteiger partial charge is 0.462 e. The highest BCUT2D eigenvalue weighted by atomic mass is 127. The number of aliphatic imine (C=N–C) groups is 1. The minimum atomic E-state index is -0.487. The van der Waals surface area contributed by atoms with Crippen molar-refractivity contribution >= 4 is 51.4 Å². The van der Waals surface area contributed by atoms with E-state index >= 15 is 0 Å². The van der Waals surface area contributed by atoms with Gasteiger partial charge in [-0.15, -0.1) is 0 Å². The van der Waals surface area contributed by atoms with Crippen LogP contribution in [0.4, 0.5) is 0 Å². The summed E-state index contributed by atoms with van der Waals surface area (Å²) in [5, 5.41) is 0.669. The molecule has 7 heteroatoms. The molecule has 26 heavy (non-hydrogen) atoms. The lowest BCUT2D eigenvalue weighted by molar-refractivity contribution is -0.141. The standard InChI is InChI=1S/C19H21IN2O3S/c1-11(2)10-25-18(24)16-12(3)21-19-22(15(23)8-9-26-19)17(16)13-4-6-14(20)7-5-13/h4-7,11,17H,8-10H2,1-3H3/t17-/m1/s1. The second kappa shape index (κ2) is 8.12. The quantitative estimate of drug-likeness (QED) is 0.476. The minimum Gasteiger partial charge on any atom is -0.462 e. The van der Waals surface area contributed by atoms with Gasteiger partial charge < -0.3 is 4.74 Å². The molecule has 0 aromatic heterocycles. The van der Waals surface area contributed by atoms with Gasteiger partial charge in [0.1, 0.15) is 0 Å². The average Bonchev–Trinajstić information content (AvgIpc) is 2.59. The molecule has 5 nitrogen and oxygen atoms in total. The molecule has 138 valence electrons. The first-order chi connectivity index (χ1) is 12.4. The number of hydrogen-bond donors (Lipinski definition) is 0. The van der Waals surface area contributed by atoms with Crippen LogP contribution in [-0.2, 0) is 14.3 Å². The SMILES string of the molecule is CC1=C(C(=O)OCC(C)C)[C@@H](c2ccc(I)cc2)N2C(=O)CCSC2=N1. The number of allylic oxidation sites excluding steroid dienone is 1. The number of amides is 1. The van der Waals surface area contributed by atoms with Gasteiger partial charge in [0.05, 0.1) is 23.9 Å². The number of carbonyl (C=O) groups is 2. The van der Waals surface area contributed by atoms with Gasteiger partial charge in [0.15, 0.2) is 5.17 Å². The highest BCUT2D eigenvalue weighted by Gasteiger charge is 2.41. The van der Waals surface area contributed by atoms with Gasteiger partial charge in [0.25, 0.3) is 0 Å². The van der Waals surface area contributed by atoms with E-state index in [1.54, 1.807) is 16.7 Å². The van der Waals surface area contributed by atoms with Crippen LogP contribution in [-0.4, -0.2) is 34.3 Å². The van der Waals surface area contributed by atoms with Crippen LogP contribution in [0.1, 0.15) is 38.8 Å². The summed E-state index contributed by atoms with van der Waals surface area (Å²) in [6.07, 6.45) is 0.442. The fraction of sp³-hybridized carbons (Fsp3) is 0.421. The van der Waals surface area contributed by atoms with E-state index in [0.717, 1.165) is 9.13 Å². The predicted octanol–water partition coefficient (Wildman–Crippen LogP) is 4.14. The van der Waals surface area contributed by atoms with Crippen LogP contribution in [0.3, 0.4) is 0 Å². The molecule has 2 aliphatic rings. The zero-order valence-electron chi connectivity index (χ0n) is 15.0. The zero-order valence-corrected chi connectivity index (χ0v) is 18.0. The fourth-order valence-electron chi connectivity index (χ4n) is 2.94. The van der Waals surface area contributed by atoms with Gasteiger partial charge in [-0.1, -0.05) is 37.7 Å². The van der Waals surface area contributed by atoms with Gasteiger partial charge in [0.2, 0.25) is 5.91 Å². The fourth-order valence-corrected chi connectivity index (χ4v) is 4.30. The Morgan fingerprint density at radius 3 is 2.73 bits per heavy atom. The number of thioether (sulfide) groups is 1. The molecule has 1 atom stereocenters. The second-order valence-electron chi connectivity index (χ2n) is 6.70. The van der Waals surface area contributed by atoms with Crippen LogP contribution in [0.25, 0.3) is 0 Å². The van der Waals surface area contributed by atoms with Crippen LogP contribution in [0.5, 0.6) is 0 Å². The number of amidine groups is 1. The number of ether oxygens (including phenoxy) is 1. The summed E-state index contributed by atoms with van der Waals surface area (Å²) in [5.41, 5.74) is 1.96. The first-order valence-corrected chi connectivity index (χ1v) is 10.6. The smallest absolute Gasteiger partial charge is 0.338 e. The third kappa shape index (κ3) is 3.98. The van der Waals surface area contributed by atoms with Crippen LogP contribution in [0.15, 0.2) is 40.5 Å². The Hall–Kier alpha value is -1.35. The molecule has 1 saturated heterocycles. The van der Waals surface area contributed by atoms with Gasteiger partial charge >= 0.3 is 5.97 Å². The third-order valence-electron chi connectivity index (χ3n) is 4.16. The lowest BCUT2D eigenvalue weighted by Crippen LogP contribution is -2.45. The number of esters is 1. The summed E-state index contributed by atoms with van der Waals surface area (Å²) < 4.78 is 6.59. The Balaban J connectivity index is 2.06. The van der Waals surface area contributed by atoms with Crippen molar-refractivity contribution in [1.82, 2.24) is 4.90 Å². The molecule has 1 aromatic rings. The minimum absolute atomic E-state index is 0.00675. The number of halogens is 1. The number of carbonyl (C=O) groups excluding carboxylic acids is 2. The van der Waals surface area contributed by atoms with Gasteiger partial charge in [-0.2, -0.15) is 0 Å². The molecule has 0 N–H and O–H groups in total. The molecule has 0 unspecified atom stereocenters. The first-order valence-electron chi connectivity index (χ1n) is 8.55. The average molecular weight is 484 g/mol. The third-order valence-corrected chi connectivity index (χ3v) is 5.83. The van der Waals surface area contributed by atoms with Crippen molar-refractivity contribution in [3.05, 3.63) is 44.7 Å². The topological polar surface area (TPSA) is 59.0 Å². The first kappa shape index (κ1) is 19.4. The molecular weight excluding hydrogens is 463 g/mol. The molecular formula is C19H21IN2O3S. The molecule has 0 aliphatic carbocycles. The van der Waals surface area contributed by atoms with Crippen molar-refractivity contribution in [2.24, 2.45) is 10.9 Å². The van der Waals surface area contributed by atoms with Crippen molar-refractivity contribution < 1.29 is 14.3 Å². The van der Waals surface area contributed by atoms with Crippen molar-refractivity contribution in [3.8, 4) is 0 Å². The maximum Gasteiger partial charge on any atom is 0.338 e. The van der Waals surface area contributed by atoms with E-state index in [1.165, 1.54) is 0 Å². The summed E-state index contributed by atoms with van der Waals surface area (Å²) in [6, 6.07) is 7.40. The Kier molecular flexibility index (Phi) is 6.06. The molecule has 2 heterocycles. The van der Waals surface area contributed by atoms with Crippen LogP contribution >= 0.6 is 34.4 Å². The monoisotopic (exact) mass is 484 g/mol. The van der Waals surface area contributed by atoms with E-state index in [0.29, 0.717) is 35.2 Å². The van der Waals surface area contributed by atoms with E-state index in [-0.39, 0.29) is 11.8 Å². The highest BCUT2D eigenvalue weighted by molar-refractivity contribution is 14.1. The molecule has 0 saturated carbocycles. The van der Waals surface area contributed by atoms with Gasteiger partial charge in [-0.3, -0.25) is 9.69 Å². The van der Waals surface area contributed by atoms with Crippen molar-refractivity contribution in [3.63, 3.8) is 0 Å². The summed E-state index contributed by atoms with van der Waals surface area (Å²) in [7, 11) is 0. The normalized spacial score (nSPS) is 20.2. The lowest BCUT2D eigenvalue weighted by atomic mass is 9.94.